The predicted molar refractivity (Wildman–Crippen MR) is 80.4 cm³/mol. The molecule has 0 radical (unpaired) electrons. The Bertz CT molecular complexity index is 410. The molecule has 2 aliphatic heterocycles. The lowest BCUT2D eigenvalue weighted by atomic mass is 10.3. The van der Waals surface area contributed by atoms with E-state index in [1.54, 1.807) is 18.4 Å². The molecule has 0 N–H and O–H groups in total. The zero-order valence-electron chi connectivity index (χ0n) is 13.0. The van der Waals surface area contributed by atoms with Crippen LogP contribution < -0.4 is 0 Å². The molecule has 0 spiro atoms. The Balaban J connectivity index is 1.73. The fourth-order valence-corrected chi connectivity index (χ4v) is 3.76. The molecular weight excluding hydrogens is 294 g/mol. The van der Waals surface area contributed by atoms with Crippen molar-refractivity contribution in [2.45, 2.75) is 18.9 Å². The van der Waals surface area contributed by atoms with Crippen molar-refractivity contribution < 1.29 is 17.9 Å². The molecule has 0 amide bonds. The zero-order valence-corrected chi connectivity index (χ0v) is 13.8. The molecule has 124 valence electrons. The van der Waals surface area contributed by atoms with Crippen LogP contribution in [0, 0.1) is 0 Å². The summed E-state index contributed by atoms with van der Waals surface area (Å²) in [5, 5.41) is 0. The summed E-state index contributed by atoms with van der Waals surface area (Å²) in [4.78, 5) is 2.28. The smallest absolute Gasteiger partial charge is 0.281 e. The molecule has 1 unspecified atom stereocenters. The molecule has 1 atom stereocenters. The van der Waals surface area contributed by atoms with E-state index in [0.29, 0.717) is 26.3 Å². The second kappa shape index (κ2) is 7.85. The number of hydrogen-bond donors (Lipinski definition) is 0. The van der Waals surface area contributed by atoms with Gasteiger partial charge in [0.05, 0.1) is 19.3 Å². The van der Waals surface area contributed by atoms with Crippen LogP contribution in [0.3, 0.4) is 0 Å². The minimum absolute atomic E-state index is 0.239. The fraction of sp³-hybridized carbons (Fsp3) is 1.00. The van der Waals surface area contributed by atoms with E-state index in [1.807, 2.05) is 0 Å². The van der Waals surface area contributed by atoms with Gasteiger partial charge in [-0.3, -0.25) is 4.90 Å². The summed E-state index contributed by atoms with van der Waals surface area (Å²) < 4.78 is 38.2. The molecule has 21 heavy (non-hydrogen) atoms. The van der Waals surface area contributed by atoms with Gasteiger partial charge in [0.15, 0.2) is 0 Å². The topological polar surface area (TPSA) is 62.3 Å². The third kappa shape index (κ3) is 4.87. The van der Waals surface area contributed by atoms with Crippen molar-refractivity contribution in [3.63, 3.8) is 0 Å². The van der Waals surface area contributed by atoms with Gasteiger partial charge in [-0.05, 0) is 19.4 Å². The van der Waals surface area contributed by atoms with Crippen molar-refractivity contribution >= 4 is 10.2 Å². The van der Waals surface area contributed by atoms with Crippen molar-refractivity contribution in [2.24, 2.45) is 0 Å². The van der Waals surface area contributed by atoms with Crippen LogP contribution in [-0.4, -0.2) is 94.7 Å². The normalized spacial score (nSPS) is 26.3. The van der Waals surface area contributed by atoms with E-state index < -0.39 is 10.2 Å². The third-order valence-corrected chi connectivity index (χ3v) is 5.92. The van der Waals surface area contributed by atoms with Crippen LogP contribution in [0.5, 0.6) is 0 Å². The first-order valence-electron chi connectivity index (χ1n) is 7.59. The SMILES string of the molecule is CN(C)S(=O)(=O)N1CCCN(CCOC2CCOC2)CC1. The second-order valence-electron chi connectivity index (χ2n) is 5.74. The van der Waals surface area contributed by atoms with Gasteiger partial charge in [0.2, 0.25) is 0 Å². The maximum absolute atomic E-state index is 12.1. The van der Waals surface area contributed by atoms with Gasteiger partial charge in [0.25, 0.3) is 10.2 Å². The Morgan fingerprint density at radius 3 is 2.71 bits per heavy atom. The Labute approximate surface area is 128 Å². The lowest BCUT2D eigenvalue weighted by molar-refractivity contribution is 0.0304. The summed E-state index contributed by atoms with van der Waals surface area (Å²) in [5.74, 6) is 0. The van der Waals surface area contributed by atoms with E-state index in [9.17, 15) is 8.42 Å². The maximum Gasteiger partial charge on any atom is 0.281 e. The minimum atomic E-state index is -3.29. The van der Waals surface area contributed by atoms with Crippen molar-refractivity contribution in [1.82, 2.24) is 13.5 Å². The van der Waals surface area contributed by atoms with Crippen LogP contribution in [0.4, 0.5) is 0 Å². The largest absolute Gasteiger partial charge is 0.379 e. The highest BCUT2D eigenvalue weighted by molar-refractivity contribution is 7.86. The first-order valence-corrected chi connectivity index (χ1v) is 8.99. The summed E-state index contributed by atoms with van der Waals surface area (Å²) in [7, 11) is -0.130. The maximum atomic E-state index is 12.1. The Kier molecular flexibility index (Phi) is 6.39. The third-order valence-electron chi connectivity index (χ3n) is 3.98. The minimum Gasteiger partial charge on any atom is -0.379 e. The standard InChI is InChI=1S/C13H27N3O4S/c1-14(2)21(17,18)16-6-3-5-15(7-8-16)9-11-20-13-4-10-19-12-13/h13H,3-12H2,1-2H3. The number of hydrogen-bond acceptors (Lipinski definition) is 5. The molecule has 0 bridgehead atoms. The molecule has 2 rings (SSSR count). The highest BCUT2D eigenvalue weighted by atomic mass is 32.2. The van der Waals surface area contributed by atoms with Crippen molar-refractivity contribution in [2.75, 3.05) is 66.6 Å². The van der Waals surface area contributed by atoms with Crippen LogP contribution >= 0.6 is 0 Å². The van der Waals surface area contributed by atoms with Crippen LogP contribution in [-0.2, 0) is 19.7 Å². The van der Waals surface area contributed by atoms with Crippen LogP contribution in [0.1, 0.15) is 12.8 Å². The van der Waals surface area contributed by atoms with Gasteiger partial charge in [0, 0.05) is 46.9 Å². The average Bonchev–Trinajstić information content (AvgIpc) is 2.83. The Hall–Kier alpha value is -0.250. The first kappa shape index (κ1) is 17.1. The summed E-state index contributed by atoms with van der Waals surface area (Å²) in [6.45, 7) is 5.87. The number of rotatable bonds is 6. The molecule has 0 saturated carbocycles. The molecule has 0 aromatic rings. The van der Waals surface area contributed by atoms with E-state index in [-0.39, 0.29) is 6.10 Å². The summed E-state index contributed by atoms with van der Waals surface area (Å²) in [5.41, 5.74) is 0. The molecule has 0 aromatic carbocycles. The Morgan fingerprint density at radius 1 is 1.24 bits per heavy atom. The van der Waals surface area contributed by atoms with Crippen LogP contribution in [0.2, 0.25) is 0 Å². The number of nitrogens with zero attached hydrogens (tertiary/aromatic N) is 3. The molecule has 8 heteroatoms. The van der Waals surface area contributed by atoms with E-state index in [4.69, 9.17) is 9.47 Å². The summed E-state index contributed by atoms with van der Waals surface area (Å²) in [6, 6.07) is 0. The molecule has 2 saturated heterocycles. The van der Waals surface area contributed by atoms with Crippen molar-refractivity contribution in [3.8, 4) is 0 Å². The van der Waals surface area contributed by atoms with Crippen LogP contribution in [0.25, 0.3) is 0 Å². The quantitative estimate of drug-likeness (QED) is 0.666. The van der Waals surface area contributed by atoms with Gasteiger partial charge in [-0.2, -0.15) is 17.0 Å². The monoisotopic (exact) mass is 321 g/mol. The highest BCUT2D eigenvalue weighted by Crippen LogP contribution is 2.11. The Morgan fingerprint density at radius 2 is 2.05 bits per heavy atom. The molecule has 2 aliphatic rings. The summed E-state index contributed by atoms with van der Waals surface area (Å²) in [6.07, 6.45) is 2.08. The number of ether oxygens (including phenoxy) is 2. The first-order chi connectivity index (χ1) is 10.00. The van der Waals surface area contributed by atoms with Gasteiger partial charge in [-0.1, -0.05) is 0 Å². The molecule has 7 nitrogen and oxygen atoms in total. The predicted octanol–water partition coefficient (Wildman–Crippen LogP) is -0.394. The molecule has 0 aromatic heterocycles. The van der Waals surface area contributed by atoms with Crippen molar-refractivity contribution in [1.29, 1.82) is 0 Å². The lowest BCUT2D eigenvalue weighted by Gasteiger charge is -2.24. The van der Waals surface area contributed by atoms with Gasteiger partial charge in [-0.15, -0.1) is 0 Å². The molecule has 2 fully saturated rings. The molecule has 2 heterocycles. The van der Waals surface area contributed by atoms with E-state index >= 15 is 0 Å². The van der Waals surface area contributed by atoms with Crippen molar-refractivity contribution in [3.05, 3.63) is 0 Å². The van der Waals surface area contributed by atoms with Gasteiger partial charge in [0.1, 0.15) is 0 Å². The molecule has 0 aliphatic carbocycles. The highest BCUT2D eigenvalue weighted by Gasteiger charge is 2.26. The lowest BCUT2D eigenvalue weighted by Crippen LogP contribution is -2.42. The van der Waals surface area contributed by atoms with E-state index in [2.05, 4.69) is 4.90 Å². The van der Waals surface area contributed by atoms with Gasteiger partial charge in [-0.25, -0.2) is 0 Å². The molecular formula is C13H27N3O4S. The van der Waals surface area contributed by atoms with Crippen LogP contribution in [0.15, 0.2) is 0 Å². The second-order valence-corrected chi connectivity index (χ2v) is 7.88. The van der Waals surface area contributed by atoms with Gasteiger partial charge < -0.3 is 9.47 Å². The average molecular weight is 321 g/mol. The van der Waals surface area contributed by atoms with Gasteiger partial charge >= 0.3 is 0 Å². The van der Waals surface area contributed by atoms with E-state index in [0.717, 1.165) is 39.1 Å². The summed E-state index contributed by atoms with van der Waals surface area (Å²) >= 11 is 0. The fourth-order valence-electron chi connectivity index (χ4n) is 2.63. The zero-order chi connectivity index (χ0) is 15.3. The van der Waals surface area contributed by atoms with E-state index in [1.165, 1.54) is 4.31 Å².